The average molecular weight is 499 g/mol. The minimum absolute atomic E-state index is 0.108. The van der Waals surface area contributed by atoms with Crippen molar-refractivity contribution in [3.05, 3.63) is 63.1 Å². The van der Waals surface area contributed by atoms with Gasteiger partial charge in [-0.1, -0.05) is 18.9 Å². The number of hydrogen-bond donors (Lipinski definition) is 1. The van der Waals surface area contributed by atoms with Crippen LogP contribution in [0.25, 0.3) is 20.7 Å². The van der Waals surface area contributed by atoms with Gasteiger partial charge in [0.1, 0.15) is 10.7 Å². The van der Waals surface area contributed by atoms with Crippen LogP contribution in [-0.2, 0) is 17.6 Å². The molecule has 5 heterocycles. The molecule has 0 aliphatic carbocycles. The van der Waals surface area contributed by atoms with Crippen molar-refractivity contribution in [3.63, 3.8) is 0 Å². The van der Waals surface area contributed by atoms with E-state index in [1.807, 2.05) is 42.2 Å². The van der Waals surface area contributed by atoms with Crippen molar-refractivity contribution >= 4 is 50.6 Å². The number of thioether (sulfide) groups is 1. The second-order valence-electron chi connectivity index (χ2n) is 8.31. The van der Waals surface area contributed by atoms with E-state index < -0.39 is 0 Å². The molecule has 6 nitrogen and oxygen atoms in total. The van der Waals surface area contributed by atoms with Crippen molar-refractivity contribution in [2.24, 2.45) is 7.05 Å². The molecule has 4 aromatic rings. The predicted molar refractivity (Wildman–Crippen MR) is 138 cm³/mol. The van der Waals surface area contributed by atoms with Gasteiger partial charge in [0, 0.05) is 41.3 Å². The largest absolute Gasteiger partial charge is 0.353 e. The van der Waals surface area contributed by atoms with Gasteiger partial charge in [-0.15, -0.1) is 34.4 Å². The lowest BCUT2D eigenvalue weighted by molar-refractivity contribution is -0.130. The molecule has 172 valence electrons. The van der Waals surface area contributed by atoms with E-state index >= 15 is 0 Å². The number of aromatic nitrogens is 3. The van der Waals surface area contributed by atoms with E-state index in [2.05, 4.69) is 25.5 Å². The summed E-state index contributed by atoms with van der Waals surface area (Å²) in [6, 6.07) is 8.31. The highest BCUT2D eigenvalue weighted by atomic mass is 32.2. The highest BCUT2D eigenvalue weighted by Crippen LogP contribution is 2.34. The van der Waals surface area contributed by atoms with Crippen LogP contribution in [0.2, 0.25) is 0 Å². The predicted octanol–water partition coefficient (Wildman–Crippen LogP) is 5.43. The van der Waals surface area contributed by atoms with Gasteiger partial charge < -0.3 is 14.5 Å². The molecule has 1 saturated heterocycles. The number of amides is 1. The van der Waals surface area contributed by atoms with E-state index in [1.165, 1.54) is 28.8 Å². The first-order chi connectivity index (χ1) is 16.1. The van der Waals surface area contributed by atoms with Gasteiger partial charge in [-0.25, -0.2) is 4.98 Å². The summed E-state index contributed by atoms with van der Waals surface area (Å²) < 4.78 is 2.12. The summed E-state index contributed by atoms with van der Waals surface area (Å²) in [5, 5.41) is 4.67. The standard InChI is InChI=1S/C24H26N4O2S3/c1-27-10-5-8-17(27)18-7-3-2-4-11-28(18)21(29)15-31-14-20-25-23(30)22-16(13-33-24(22)26-20)19-9-6-12-32-19/h5-6,8-10,12-13,18H,2-4,7,11,14-15H2,1H3,(H,25,26,30). The Labute approximate surface area is 204 Å². The first-order valence-electron chi connectivity index (χ1n) is 11.1. The Bertz CT molecular complexity index is 1300. The smallest absolute Gasteiger partial charge is 0.260 e. The van der Waals surface area contributed by atoms with Crippen molar-refractivity contribution in [2.45, 2.75) is 37.5 Å². The highest BCUT2D eigenvalue weighted by molar-refractivity contribution is 7.99. The summed E-state index contributed by atoms with van der Waals surface area (Å²) in [6.45, 7) is 0.803. The number of nitrogens with one attached hydrogen (secondary N) is 1. The van der Waals surface area contributed by atoms with E-state index in [-0.39, 0.29) is 17.5 Å². The molecule has 5 rings (SSSR count). The van der Waals surface area contributed by atoms with Crippen molar-refractivity contribution in [3.8, 4) is 10.4 Å². The number of aromatic amines is 1. The summed E-state index contributed by atoms with van der Waals surface area (Å²) in [5.41, 5.74) is 2.04. The van der Waals surface area contributed by atoms with Crippen LogP contribution in [-0.4, -0.2) is 37.6 Å². The van der Waals surface area contributed by atoms with Gasteiger partial charge >= 0.3 is 0 Å². The number of thiophene rings is 2. The quantitative estimate of drug-likeness (QED) is 0.385. The normalized spacial score (nSPS) is 16.9. The number of nitrogens with zero attached hydrogens (tertiary/aromatic N) is 3. The van der Waals surface area contributed by atoms with Gasteiger partial charge in [-0.05, 0) is 36.4 Å². The van der Waals surface area contributed by atoms with Gasteiger partial charge in [-0.2, -0.15) is 0 Å². The molecule has 0 radical (unpaired) electrons. The molecule has 1 N–H and O–H groups in total. The fourth-order valence-corrected chi connectivity index (χ4v) is 7.08. The molecular weight excluding hydrogens is 472 g/mol. The van der Waals surface area contributed by atoms with Gasteiger partial charge in [0.25, 0.3) is 5.56 Å². The first-order valence-corrected chi connectivity index (χ1v) is 14.1. The Morgan fingerprint density at radius 1 is 1.24 bits per heavy atom. The minimum atomic E-state index is -0.108. The zero-order valence-corrected chi connectivity index (χ0v) is 20.9. The number of aryl methyl sites for hydroxylation is 1. The van der Waals surface area contributed by atoms with E-state index in [0.717, 1.165) is 47.5 Å². The summed E-state index contributed by atoms with van der Waals surface area (Å²) in [5.74, 6) is 1.67. The molecule has 33 heavy (non-hydrogen) atoms. The summed E-state index contributed by atoms with van der Waals surface area (Å²) >= 11 is 4.63. The number of carbonyl (C=O) groups excluding carboxylic acids is 1. The number of fused-ring (bicyclic) bond motifs is 1. The number of H-pyrrole nitrogens is 1. The van der Waals surface area contributed by atoms with Gasteiger partial charge in [0.2, 0.25) is 5.91 Å². The molecule has 1 unspecified atom stereocenters. The maximum absolute atomic E-state index is 13.2. The van der Waals surface area contributed by atoms with E-state index in [4.69, 9.17) is 0 Å². The number of hydrogen-bond acceptors (Lipinski definition) is 6. The molecule has 0 bridgehead atoms. The number of carbonyl (C=O) groups is 1. The maximum atomic E-state index is 13.2. The van der Waals surface area contributed by atoms with Crippen LogP contribution in [0, 0.1) is 0 Å². The zero-order valence-electron chi connectivity index (χ0n) is 18.5. The van der Waals surface area contributed by atoms with Gasteiger partial charge in [-0.3, -0.25) is 9.59 Å². The Kier molecular flexibility index (Phi) is 6.71. The molecular formula is C24H26N4O2S3. The zero-order chi connectivity index (χ0) is 22.8. The van der Waals surface area contributed by atoms with Gasteiger partial charge in [0.15, 0.2) is 0 Å². The molecule has 0 aromatic carbocycles. The third-order valence-electron chi connectivity index (χ3n) is 6.14. The number of likely N-dealkylation sites (tertiary alicyclic amines) is 1. The average Bonchev–Trinajstić information content (AvgIpc) is 3.52. The third kappa shape index (κ3) is 4.67. The molecule has 1 atom stereocenters. The minimum Gasteiger partial charge on any atom is -0.353 e. The van der Waals surface area contributed by atoms with E-state index in [9.17, 15) is 9.59 Å². The second-order valence-corrected chi connectivity index (χ2v) is 11.1. The van der Waals surface area contributed by atoms with Crippen LogP contribution in [0.4, 0.5) is 0 Å². The van der Waals surface area contributed by atoms with Crippen molar-refractivity contribution in [1.29, 1.82) is 0 Å². The molecule has 1 amide bonds. The van der Waals surface area contributed by atoms with E-state index in [0.29, 0.717) is 22.7 Å². The maximum Gasteiger partial charge on any atom is 0.260 e. The van der Waals surface area contributed by atoms with Crippen LogP contribution in [0.5, 0.6) is 0 Å². The highest BCUT2D eigenvalue weighted by Gasteiger charge is 2.28. The fourth-order valence-electron chi connectivity index (χ4n) is 4.53. The summed E-state index contributed by atoms with van der Waals surface area (Å²) in [4.78, 5) is 37.5. The summed E-state index contributed by atoms with van der Waals surface area (Å²) in [7, 11) is 2.05. The molecule has 0 spiro atoms. The first kappa shape index (κ1) is 22.4. The van der Waals surface area contributed by atoms with Crippen molar-refractivity contribution in [2.75, 3.05) is 12.3 Å². The molecule has 1 aliphatic rings. The molecule has 4 aromatic heterocycles. The van der Waals surface area contributed by atoms with Crippen LogP contribution < -0.4 is 5.56 Å². The Morgan fingerprint density at radius 2 is 2.15 bits per heavy atom. The lowest BCUT2D eigenvalue weighted by Crippen LogP contribution is -2.36. The Hall–Kier alpha value is -2.36. The molecule has 1 aliphatic heterocycles. The Balaban J connectivity index is 1.27. The fraction of sp³-hybridized carbons (Fsp3) is 0.375. The van der Waals surface area contributed by atoms with Crippen molar-refractivity contribution in [1.82, 2.24) is 19.4 Å². The Morgan fingerprint density at radius 3 is 2.94 bits per heavy atom. The SMILES string of the molecule is Cn1cccc1C1CCCCCN1C(=O)CSCc1nc2scc(-c3cccs3)c2c(=O)[nH]1. The van der Waals surface area contributed by atoms with Crippen LogP contribution in [0.1, 0.15) is 43.2 Å². The van der Waals surface area contributed by atoms with Gasteiger partial charge in [0.05, 0.1) is 22.9 Å². The lowest BCUT2D eigenvalue weighted by atomic mass is 10.1. The second kappa shape index (κ2) is 9.87. The molecule has 0 saturated carbocycles. The van der Waals surface area contributed by atoms with Crippen LogP contribution in [0.15, 0.2) is 46.0 Å². The lowest BCUT2D eigenvalue weighted by Gasteiger charge is -2.30. The summed E-state index contributed by atoms with van der Waals surface area (Å²) in [6.07, 6.45) is 6.41. The van der Waals surface area contributed by atoms with Crippen LogP contribution >= 0.6 is 34.4 Å². The molecule has 9 heteroatoms. The topological polar surface area (TPSA) is 71.0 Å². The monoisotopic (exact) mass is 498 g/mol. The van der Waals surface area contributed by atoms with Crippen LogP contribution in [0.3, 0.4) is 0 Å². The molecule has 1 fully saturated rings. The van der Waals surface area contributed by atoms with E-state index in [1.54, 1.807) is 11.3 Å². The van der Waals surface area contributed by atoms with Crippen molar-refractivity contribution < 1.29 is 4.79 Å². The number of rotatable bonds is 6. The third-order valence-corrected chi connectivity index (χ3v) is 8.85.